The van der Waals surface area contributed by atoms with Gasteiger partial charge in [-0.15, -0.1) is 0 Å². The quantitative estimate of drug-likeness (QED) is 0.798. The van der Waals surface area contributed by atoms with E-state index in [4.69, 9.17) is 13.9 Å². The molecule has 1 N–H and O–H groups in total. The average Bonchev–Trinajstić information content (AvgIpc) is 2.97. The van der Waals surface area contributed by atoms with Crippen molar-refractivity contribution in [1.82, 2.24) is 0 Å². The lowest BCUT2D eigenvalue weighted by atomic mass is 10.1. The fourth-order valence-electron chi connectivity index (χ4n) is 2.83. The second-order valence-electron chi connectivity index (χ2n) is 5.84. The van der Waals surface area contributed by atoms with Crippen LogP contribution in [0.15, 0.2) is 47.1 Å². The van der Waals surface area contributed by atoms with Crippen LogP contribution in [0.25, 0.3) is 11.0 Å². The van der Waals surface area contributed by atoms with E-state index in [9.17, 15) is 4.79 Å². The number of anilines is 1. The number of fused-ring (bicyclic) bond motifs is 2. The summed E-state index contributed by atoms with van der Waals surface area (Å²) in [5.74, 6) is 1.26. The van der Waals surface area contributed by atoms with Crippen molar-refractivity contribution in [3.8, 4) is 11.5 Å². The van der Waals surface area contributed by atoms with Crippen LogP contribution in [0, 0.1) is 6.92 Å². The standard InChI is InChI=1S/C19H17NO4/c1-12-2-4-16-15(8-12)13(11-24-16)9-19(21)20-14-3-5-17-18(10-14)23-7-6-22-17/h2-5,8,10-11H,6-7,9H2,1H3,(H,20,21). The zero-order chi connectivity index (χ0) is 16.5. The summed E-state index contributed by atoms with van der Waals surface area (Å²) in [5, 5.41) is 3.87. The summed E-state index contributed by atoms with van der Waals surface area (Å²) < 4.78 is 16.5. The van der Waals surface area contributed by atoms with E-state index in [1.54, 1.807) is 18.4 Å². The number of aryl methyl sites for hydroxylation is 1. The molecule has 0 radical (unpaired) electrons. The highest BCUT2D eigenvalue weighted by atomic mass is 16.6. The molecule has 1 aliphatic heterocycles. The van der Waals surface area contributed by atoms with E-state index in [2.05, 4.69) is 5.32 Å². The summed E-state index contributed by atoms with van der Waals surface area (Å²) in [4.78, 5) is 12.4. The van der Waals surface area contributed by atoms with Gasteiger partial charge in [-0.3, -0.25) is 4.79 Å². The molecule has 4 rings (SSSR count). The van der Waals surface area contributed by atoms with Gasteiger partial charge < -0.3 is 19.2 Å². The molecule has 0 atom stereocenters. The maximum atomic E-state index is 12.4. The van der Waals surface area contributed by atoms with Crippen LogP contribution < -0.4 is 14.8 Å². The van der Waals surface area contributed by atoms with Gasteiger partial charge in [-0.1, -0.05) is 11.6 Å². The minimum Gasteiger partial charge on any atom is -0.486 e. The fourth-order valence-corrected chi connectivity index (χ4v) is 2.83. The lowest BCUT2D eigenvalue weighted by Crippen LogP contribution is -2.17. The van der Waals surface area contributed by atoms with Crippen molar-refractivity contribution >= 4 is 22.6 Å². The number of furan rings is 1. The molecule has 0 aliphatic carbocycles. The van der Waals surface area contributed by atoms with Crippen molar-refractivity contribution in [3.05, 3.63) is 53.8 Å². The summed E-state index contributed by atoms with van der Waals surface area (Å²) in [5.41, 5.74) is 3.50. The second-order valence-corrected chi connectivity index (χ2v) is 5.84. The van der Waals surface area contributed by atoms with Gasteiger partial charge in [-0.2, -0.15) is 0 Å². The number of rotatable bonds is 3. The van der Waals surface area contributed by atoms with Gasteiger partial charge in [0.2, 0.25) is 5.91 Å². The van der Waals surface area contributed by atoms with Crippen molar-refractivity contribution < 1.29 is 18.7 Å². The van der Waals surface area contributed by atoms with Crippen LogP contribution in [-0.4, -0.2) is 19.1 Å². The monoisotopic (exact) mass is 323 g/mol. The lowest BCUT2D eigenvalue weighted by Gasteiger charge is -2.19. The van der Waals surface area contributed by atoms with Gasteiger partial charge in [-0.05, 0) is 31.2 Å². The molecule has 1 aromatic heterocycles. The SMILES string of the molecule is Cc1ccc2occ(CC(=O)Nc3ccc4c(c3)OCCO4)c2c1. The number of hydrogen-bond acceptors (Lipinski definition) is 4. The molecule has 122 valence electrons. The largest absolute Gasteiger partial charge is 0.486 e. The van der Waals surface area contributed by atoms with E-state index < -0.39 is 0 Å². The first-order valence-electron chi connectivity index (χ1n) is 7.85. The third-order valence-corrected chi connectivity index (χ3v) is 3.99. The number of carbonyl (C=O) groups excluding carboxylic acids is 1. The van der Waals surface area contributed by atoms with Gasteiger partial charge in [0.15, 0.2) is 11.5 Å². The summed E-state index contributed by atoms with van der Waals surface area (Å²) in [7, 11) is 0. The van der Waals surface area contributed by atoms with E-state index in [-0.39, 0.29) is 12.3 Å². The van der Waals surface area contributed by atoms with Crippen molar-refractivity contribution in [2.24, 2.45) is 0 Å². The Labute approximate surface area is 139 Å². The Balaban J connectivity index is 1.51. The predicted octanol–water partition coefficient (Wildman–Crippen LogP) is 3.69. The first-order chi connectivity index (χ1) is 11.7. The van der Waals surface area contributed by atoms with Crippen LogP contribution >= 0.6 is 0 Å². The predicted molar refractivity (Wildman–Crippen MR) is 90.7 cm³/mol. The van der Waals surface area contributed by atoms with Crippen molar-refractivity contribution in [3.63, 3.8) is 0 Å². The number of ether oxygens (including phenoxy) is 2. The summed E-state index contributed by atoms with van der Waals surface area (Å²) >= 11 is 0. The molecule has 24 heavy (non-hydrogen) atoms. The van der Waals surface area contributed by atoms with Gasteiger partial charge in [0.25, 0.3) is 0 Å². The number of nitrogens with one attached hydrogen (secondary N) is 1. The molecule has 3 aromatic rings. The Hall–Kier alpha value is -2.95. The maximum absolute atomic E-state index is 12.4. The molecule has 0 spiro atoms. The first kappa shape index (κ1) is 14.6. The third kappa shape index (κ3) is 2.80. The number of carbonyl (C=O) groups is 1. The Bertz CT molecular complexity index is 913. The normalized spacial score (nSPS) is 13.0. The summed E-state index contributed by atoms with van der Waals surface area (Å²) in [6.07, 6.45) is 1.90. The van der Waals surface area contributed by atoms with Crippen LogP contribution in [0.5, 0.6) is 11.5 Å². The molecule has 0 bridgehead atoms. The topological polar surface area (TPSA) is 60.7 Å². The van der Waals surface area contributed by atoms with Crippen LogP contribution in [-0.2, 0) is 11.2 Å². The average molecular weight is 323 g/mol. The zero-order valence-corrected chi connectivity index (χ0v) is 13.3. The van der Waals surface area contributed by atoms with Crippen LogP contribution in [0.2, 0.25) is 0 Å². The van der Waals surface area contributed by atoms with Crippen LogP contribution in [0.1, 0.15) is 11.1 Å². The lowest BCUT2D eigenvalue weighted by molar-refractivity contribution is -0.115. The minimum absolute atomic E-state index is 0.101. The molecule has 1 aliphatic rings. The van der Waals surface area contributed by atoms with Gasteiger partial charge in [0.05, 0.1) is 12.7 Å². The van der Waals surface area contributed by atoms with E-state index in [0.29, 0.717) is 30.4 Å². The molecule has 2 heterocycles. The van der Waals surface area contributed by atoms with E-state index in [1.165, 1.54) is 0 Å². The van der Waals surface area contributed by atoms with E-state index in [1.807, 2.05) is 31.2 Å². The highest BCUT2D eigenvalue weighted by Gasteiger charge is 2.14. The second kappa shape index (κ2) is 5.92. The maximum Gasteiger partial charge on any atom is 0.228 e. The first-order valence-corrected chi connectivity index (χ1v) is 7.85. The molecule has 2 aromatic carbocycles. The molecule has 5 nitrogen and oxygen atoms in total. The number of benzene rings is 2. The smallest absolute Gasteiger partial charge is 0.228 e. The summed E-state index contributed by atoms with van der Waals surface area (Å²) in [6, 6.07) is 11.3. The van der Waals surface area contributed by atoms with Crippen molar-refractivity contribution in [1.29, 1.82) is 0 Å². The molecular formula is C19H17NO4. The molecule has 0 fully saturated rings. The minimum atomic E-state index is -0.101. The van der Waals surface area contributed by atoms with Gasteiger partial charge in [0.1, 0.15) is 18.8 Å². The molecule has 5 heteroatoms. The van der Waals surface area contributed by atoms with Crippen LogP contribution in [0.4, 0.5) is 5.69 Å². The fraction of sp³-hybridized carbons (Fsp3) is 0.211. The van der Waals surface area contributed by atoms with Crippen LogP contribution in [0.3, 0.4) is 0 Å². The molecule has 0 saturated heterocycles. The molecule has 1 amide bonds. The Morgan fingerprint density at radius 2 is 1.92 bits per heavy atom. The zero-order valence-electron chi connectivity index (χ0n) is 13.3. The van der Waals surface area contributed by atoms with Gasteiger partial charge in [0, 0.05) is 22.7 Å². The van der Waals surface area contributed by atoms with Gasteiger partial charge >= 0.3 is 0 Å². The highest BCUT2D eigenvalue weighted by Crippen LogP contribution is 2.32. The van der Waals surface area contributed by atoms with E-state index in [0.717, 1.165) is 22.1 Å². The van der Waals surface area contributed by atoms with Crippen molar-refractivity contribution in [2.45, 2.75) is 13.3 Å². The molecule has 0 saturated carbocycles. The number of amides is 1. The molecular weight excluding hydrogens is 306 g/mol. The molecule has 0 unspecified atom stereocenters. The van der Waals surface area contributed by atoms with Crippen molar-refractivity contribution in [2.75, 3.05) is 18.5 Å². The Morgan fingerprint density at radius 1 is 1.08 bits per heavy atom. The third-order valence-electron chi connectivity index (χ3n) is 3.99. The Kier molecular flexibility index (Phi) is 3.61. The van der Waals surface area contributed by atoms with Gasteiger partial charge in [-0.25, -0.2) is 0 Å². The summed E-state index contributed by atoms with van der Waals surface area (Å²) in [6.45, 7) is 3.09. The Morgan fingerprint density at radius 3 is 2.79 bits per heavy atom. The number of hydrogen-bond donors (Lipinski definition) is 1. The highest BCUT2D eigenvalue weighted by molar-refractivity contribution is 5.95. The van der Waals surface area contributed by atoms with E-state index >= 15 is 0 Å².